The fourth-order valence-electron chi connectivity index (χ4n) is 5.13. The van der Waals surface area contributed by atoms with Crippen LogP contribution >= 0.6 is 0 Å². The molecule has 37 heavy (non-hydrogen) atoms. The molecule has 2 saturated heterocycles. The number of nitrogens with zero attached hydrogens (tertiary/aromatic N) is 5. The molecule has 2 aliphatic heterocycles. The van der Waals surface area contributed by atoms with Gasteiger partial charge in [0.25, 0.3) is 0 Å². The largest absolute Gasteiger partial charge is 0.378 e. The molecule has 0 spiro atoms. The fraction of sp³-hybridized carbons (Fsp3) is 0.480. The number of halogens is 2. The number of nitrogens with one attached hydrogen (secondary N) is 1. The maximum atomic E-state index is 14.8. The first-order valence-electron chi connectivity index (χ1n) is 12.2. The highest BCUT2D eigenvalue weighted by molar-refractivity contribution is 7.90. The van der Waals surface area contributed by atoms with E-state index in [0.717, 1.165) is 5.69 Å². The SMILES string of the molecule is CO[C@H]1CCN(c2nccc(Nc3cc4c(F)ccc(N5C[C@H](CS(C)(=O)=O)[C@H]5C)c4cn3)n2)C[C@H]1F. The van der Waals surface area contributed by atoms with Gasteiger partial charge in [0.15, 0.2) is 0 Å². The molecule has 12 heteroatoms. The van der Waals surface area contributed by atoms with E-state index >= 15 is 0 Å². The lowest BCUT2D eigenvalue weighted by atomic mass is 9.90. The van der Waals surface area contributed by atoms with Crippen LogP contribution in [-0.4, -0.2) is 80.4 Å². The number of piperidine rings is 1. The molecular formula is C25H30F2N6O3S. The molecule has 4 atom stereocenters. The second-order valence-electron chi connectivity index (χ2n) is 9.82. The molecule has 0 bridgehead atoms. The third-order valence-electron chi connectivity index (χ3n) is 7.22. The maximum Gasteiger partial charge on any atom is 0.227 e. The average Bonchev–Trinajstić information content (AvgIpc) is 2.87. The van der Waals surface area contributed by atoms with Gasteiger partial charge in [-0.1, -0.05) is 0 Å². The van der Waals surface area contributed by atoms with Crippen molar-refractivity contribution in [2.45, 2.75) is 31.7 Å². The quantitative estimate of drug-likeness (QED) is 0.491. The Morgan fingerprint density at radius 3 is 2.68 bits per heavy atom. The van der Waals surface area contributed by atoms with E-state index in [1.54, 1.807) is 35.5 Å². The topological polar surface area (TPSA) is 101 Å². The van der Waals surface area contributed by atoms with Gasteiger partial charge in [0.05, 0.1) is 18.4 Å². The predicted octanol–water partition coefficient (Wildman–Crippen LogP) is 3.34. The Morgan fingerprint density at radius 2 is 1.97 bits per heavy atom. The van der Waals surface area contributed by atoms with Crippen LogP contribution in [0.4, 0.5) is 32.1 Å². The molecule has 0 amide bonds. The van der Waals surface area contributed by atoms with E-state index in [9.17, 15) is 17.2 Å². The Balaban J connectivity index is 1.35. The Morgan fingerprint density at radius 1 is 1.16 bits per heavy atom. The van der Waals surface area contributed by atoms with Gasteiger partial charge in [-0.25, -0.2) is 27.2 Å². The van der Waals surface area contributed by atoms with Crippen molar-refractivity contribution < 1.29 is 21.9 Å². The van der Waals surface area contributed by atoms with Gasteiger partial charge < -0.3 is 19.9 Å². The number of hydrogen-bond acceptors (Lipinski definition) is 9. The fourth-order valence-corrected chi connectivity index (χ4v) is 6.29. The third-order valence-corrected chi connectivity index (χ3v) is 8.26. The Labute approximate surface area is 214 Å². The number of hydrogen-bond donors (Lipinski definition) is 1. The number of benzene rings is 1. The number of sulfone groups is 1. The highest BCUT2D eigenvalue weighted by Crippen LogP contribution is 2.37. The molecular weight excluding hydrogens is 502 g/mol. The zero-order chi connectivity index (χ0) is 26.3. The number of ether oxygens (including phenoxy) is 1. The number of pyridine rings is 1. The average molecular weight is 533 g/mol. The molecule has 198 valence electrons. The summed E-state index contributed by atoms with van der Waals surface area (Å²) in [7, 11) is -1.56. The van der Waals surface area contributed by atoms with E-state index in [0.29, 0.717) is 47.9 Å². The predicted molar refractivity (Wildman–Crippen MR) is 140 cm³/mol. The summed E-state index contributed by atoms with van der Waals surface area (Å²) in [6, 6.07) is 6.42. The molecule has 1 N–H and O–H groups in total. The van der Waals surface area contributed by atoms with Crippen LogP contribution in [0.25, 0.3) is 10.8 Å². The van der Waals surface area contributed by atoms with Crippen LogP contribution in [0, 0.1) is 11.7 Å². The monoisotopic (exact) mass is 532 g/mol. The van der Waals surface area contributed by atoms with E-state index < -0.39 is 22.1 Å². The molecule has 4 heterocycles. The summed E-state index contributed by atoms with van der Waals surface area (Å²) in [6.45, 7) is 3.28. The first-order valence-corrected chi connectivity index (χ1v) is 14.2. The van der Waals surface area contributed by atoms with Crippen LogP contribution in [-0.2, 0) is 14.6 Å². The van der Waals surface area contributed by atoms with Crippen LogP contribution in [0.15, 0.2) is 36.7 Å². The van der Waals surface area contributed by atoms with E-state index in [2.05, 4.69) is 25.2 Å². The minimum atomic E-state index is -3.07. The number of aromatic nitrogens is 3. The van der Waals surface area contributed by atoms with Crippen molar-refractivity contribution >= 4 is 43.9 Å². The van der Waals surface area contributed by atoms with Gasteiger partial charge in [-0.15, -0.1) is 0 Å². The molecule has 2 aromatic heterocycles. The normalized spacial score (nSPS) is 24.2. The zero-order valence-electron chi connectivity index (χ0n) is 20.9. The van der Waals surface area contributed by atoms with Crippen LogP contribution in [0.1, 0.15) is 13.3 Å². The molecule has 3 aromatic rings. The summed E-state index contributed by atoms with van der Waals surface area (Å²) in [5.74, 6) is 1.03. The van der Waals surface area contributed by atoms with Crippen molar-refractivity contribution in [3.63, 3.8) is 0 Å². The molecule has 2 fully saturated rings. The summed E-state index contributed by atoms with van der Waals surface area (Å²) in [5, 5.41) is 4.14. The van der Waals surface area contributed by atoms with Crippen molar-refractivity contribution in [2.75, 3.05) is 53.9 Å². The molecule has 1 aromatic carbocycles. The van der Waals surface area contributed by atoms with Crippen molar-refractivity contribution in [3.8, 4) is 0 Å². The standard InChI is InChI=1S/C25H30F2N6O3S/c1-15-16(14-37(3,34)35)12-33(15)21-5-4-19(26)17-10-24(29-11-18(17)21)30-23-6-8-28-25(31-23)32-9-7-22(36-2)20(27)13-32/h4-6,8,10-11,15-16,20,22H,7,9,12-14H2,1-3H3,(H,28,29,30,31)/t15-,16-,20-,22+/m1/s1. The molecule has 5 rings (SSSR count). The lowest BCUT2D eigenvalue weighted by Gasteiger charge is -2.48. The van der Waals surface area contributed by atoms with Gasteiger partial charge in [-0.2, -0.15) is 4.98 Å². The summed E-state index contributed by atoms with van der Waals surface area (Å²) < 4.78 is 57.8. The highest BCUT2D eigenvalue weighted by Gasteiger charge is 2.38. The second-order valence-corrected chi connectivity index (χ2v) is 12.0. The number of anilines is 4. The summed E-state index contributed by atoms with van der Waals surface area (Å²) in [4.78, 5) is 17.1. The number of alkyl halides is 1. The van der Waals surface area contributed by atoms with Gasteiger partial charge >= 0.3 is 0 Å². The molecule has 9 nitrogen and oxygen atoms in total. The van der Waals surface area contributed by atoms with Gasteiger partial charge in [0.1, 0.15) is 33.5 Å². The van der Waals surface area contributed by atoms with Gasteiger partial charge in [-0.05, 0) is 37.6 Å². The maximum absolute atomic E-state index is 14.8. The van der Waals surface area contributed by atoms with Crippen molar-refractivity contribution in [2.24, 2.45) is 5.92 Å². The smallest absolute Gasteiger partial charge is 0.227 e. The Kier molecular flexibility index (Phi) is 6.88. The summed E-state index contributed by atoms with van der Waals surface area (Å²) in [5.41, 5.74) is 0.817. The Hall–Kier alpha value is -3.12. The van der Waals surface area contributed by atoms with Gasteiger partial charge in [0, 0.05) is 67.3 Å². The van der Waals surface area contributed by atoms with Gasteiger partial charge in [-0.3, -0.25) is 0 Å². The van der Waals surface area contributed by atoms with E-state index in [4.69, 9.17) is 4.74 Å². The Bertz CT molecular complexity index is 1410. The minimum Gasteiger partial charge on any atom is -0.378 e. The minimum absolute atomic E-state index is 0.0125. The third kappa shape index (κ3) is 5.30. The molecule has 0 radical (unpaired) electrons. The van der Waals surface area contributed by atoms with Crippen molar-refractivity contribution in [1.82, 2.24) is 15.0 Å². The molecule has 2 aliphatic rings. The van der Waals surface area contributed by atoms with Crippen LogP contribution in [0.3, 0.4) is 0 Å². The van der Waals surface area contributed by atoms with E-state index in [-0.39, 0.29) is 30.1 Å². The van der Waals surface area contributed by atoms with Gasteiger partial charge in [0.2, 0.25) is 5.95 Å². The van der Waals surface area contributed by atoms with Crippen LogP contribution in [0.5, 0.6) is 0 Å². The van der Waals surface area contributed by atoms with E-state index in [1.807, 2.05) is 6.92 Å². The number of rotatable bonds is 7. The van der Waals surface area contributed by atoms with Crippen LogP contribution < -0.4 is 15.1 Å². The van der Waals surface area contributed by atoms with Crippen LogP contribution in [0.2, 0.25) is 0 Å². The van der Waals surface area contributed by atoms with Crippen molar-refractivity contribution in [3.05, 3.63) is 42.5 Å². The molecule has 0 aliphatic carbocycles. The number of fused-ring (bicyclic) bond motifs is 1. The van der Waals surface area contributed by atoms with E-state index in [1.165, 1.54) is 19.4 Å². The van der Waals surface area contributed by atoms with Crippen molar-refractivity contribution in [1.29, 1.82) is 0 Å². The first-order chi connectivity index (χ1) is 17.6. The second kappa shape index (κ2) is 9.97. The summed E-state index contributed by atoms with van der Waals surface area (Å²) in [6.07, 6.45) is 3.42. The molecule has 0 saturated carbocycles. The number of methoxy groups -OCH3 is 1. The first kappa shape index (κ1) is 25.5. The zero-order valence-corrected chi connectivity index (χ0v) is 21.8. The molecule has 0 unspecified atom stereocenters. The lowest BCUT2D eigenvalue weighted by molar-refractivity contribution is 0.0194. The lowest BCUT2D eigenvalue weighted by Crippen LogP contribution is -2.57. The highest BCUT2D eigenvalue weighted by atomic mass is 32.2. The summed E-state index contributed by atoms with van der Waals surface area (Å²) >= 11 is 0.